The van der Waals surface area contributed by atoms with Crippen molar-refractivity contribution in [3.05, 3.63) is 28.7 Å². The predicted octanol–water partition coefficient (Wildman–Crippen LogP) is 3.90. The highest BCUT2D eigenvalue weighted by Gasteiger charge is 2.18. The molecule has 0 radical (unpaired) electrons. The van der Waals surface area contributed by atoms with Gasteiger partial charge in [-0.25, -0.2) is 0 Å². The van der Waals surface area contributed by atoms with Crippen LogP contribution in [0.1, 0.15) is 38.5 Å². The monoisotopic (exact) mass is 353 g/mol. The molecule has 0 atom stereocenters. The SMILES string of the molecule is O=C(COC(=O)CC1CCCCC1)Nc1ccccc1Br. The van der Waals surface area contributed by atoms with Crippen LogP contribution in [0, 0.1) is 5.92 Å². The minimum absolute atomic E-state index is 0.229. The molecule has 1 saturated carbocycles. The van der Waals surface area contributed by atoms with E-state index < -0.39 is 0 Å². The summed E-state index contributed by atoms with van der Waals surface area (Å²) in [6, 6.07) is 7.32. The number of hydrogen-bond acceptors (Lipinski definition) is 3. The Labute approximate surface area is 133 Å². The molecule has 0 spiro atoms. The molecule has 0 aliphatic heterocycles. The van der Waals surface area contributed by atoms with Gasteiger partial charge in [0.25, 0.3) is 5.91 Å². The van der Waals surface area contributed by atoms with Crippen molar-refractivity contribution in [3.63, 3.8) is 0 Å². The Hall–Kier alpha value is -1.36. The lowest BCUT2D eigenvalue weighted by Gasteiger charge is -2.20. The maximum Gasteiger partial charge on any atom is 0.306 e. The summed E-state index contributed by atoms with van der Waals surface area (Å²) in [7, 11) is 0. The fraction of sp³-hybridized carbons (Fsp3) is 0.500. The Morgan fingerprint density at radius 2 is 1.90 bits per heavy atom. The third-order valence-corrected chi connectivity index (χ3v) is 4.38. The number of para-hydroxylation sites is 1. The summed E-state index contributed by atoms with van der Waals surface area (Å²) >= 11 is 3.35. The summed E-state index contributed by atoms with van der Waals surface area (Å²) in [6.07, 6.45) is 6.28. The molecule has 1 aromatic carbocycles. The van der Waals surface area contributed by atoms with Crippen molar-refractivity contribution < 1.29 is 14.3 Å². The lowest BCUT2D eigenvalue weighted by molar-refractivity contribution is -0.148. The first-order valence-corrected chi connectivity index (χ1v) is 8.14. The maximum absolute atomic E-state index is 11.8. The lowest BCUT2D eigenvalue weighted by Crippen LogP contribution is -2.22. The number of esters is 1. The van der Waals surface area contributed by atoms with Crippen LogP contribution < -0.4 is 5.32 Å². The Morgan fingerprint density at radius 3 is 2.62 bits per heavy atom. The van der Waals surface area contributed by atoms with Crippen molar-refractivity contribution in [1.29, 1.82) is 0 Å². The normalized spacial score (nSPS) is 15.5. The van der Waals surface area contributed by atoms with Gasteiger partial charge in [0, 0.05) is 10.9 Å². The van der Waals surface area contributed by atoms with Gasteiger partial charge in [-0.2, -0.15) is 0 Å². The number of ether oxygens (including phenoxy) is 1. The van der Waals surface area contributed by atoms with Crippen molar-refractivity contribution in [3.8, 4) is 0 Å². The average Bonchev–Trinajstić information content (AvgIpc) is 2.49. The van der Waals surface area contributed by atoms with Crippen molar-refractivity contribution in [1.82, 2.24) is 0 Å². The van der Waals surface area contributed by atoms with Gasteiger partial charge in [-0.05, 0) is 46.8 Å². The van der Waals surface area contributed by atoms with E-state index in [9.17, 15) is 9.59 Å². The second kappa shape index (κ2) is 8.17. The van der Waals surface area contributed by atoms with E-state index >= 15 is 0 Å². The molecule has 4 nitrogen and oxygen atoms in total. The molecule has 1 aromatic rings. The van der Waals surface area contributed by atoms with Crippen LogP contribution in [0.15, 0.2) is 28.7 Å². The van der Waals surface area contributed by atoms with Crippen LogP contribution >= 0.6 is 15.9 Å². The van der Waals surface area contributed by atoms with Gasteiger partial charge in [0.2, 0.25) is 0 Å². The largest absolute Gasteiger partial charge is 0.456 e. The van der Waals surface area contributed by atoms with E-state index in [0.717, 1.165) is 17.3 Å². The van der Waals surface area contributed by atoms with Crippen LogP contribution in [0.5, 0.6) is 0 Å². The van der Waals surface area contributed by atoms with E-state index in [0.29, 0.717) is 18.0 Å². The van der Waals surface area contributed by atoms with Crippen molar-refractivity contribution in [2.75, 3.05) is 11.9 Å². The average molecular weight is 354 g/mol. The second-order valence-corrected chi connectivity index (χ2v) is 6.25. The van der Waals surface area contributed by atoms with Gasteiger partial charge in [-0.3, -0.25) is 9.59 Å². The van der Waals surface area contributed by atoms with E-state index in [2.05, 4.69) is 21.2 Å². The maximum atomic E-state index is 11.8. The molecule has 5 heteroatoms. The van der Waals surface area contributed by atoms with Crippen molar-refractivity contribution in [2.45, 2.75) is 38.5 Å². The molecule has 0 aromatic heterocycles. The molecule has 2 rings (SSSR count). The first kappa shape index (κ1) is 16.0. The van der Waals surface area contributed by atoms with Gasteiger partial charge in [0.15, 0.2) is 6.61 Å². The smallest absolute Gasteiger partial charge is 0.306 e. The molecule has 0 bridgehead atoms. The molecular formula is C16H20BrNO3. The van der Waals surface area contributed by atoms with Crippen LogP contribution in [0.2, 0.25) is 0 Å². The molecule has 1 amide bonds. The zero-order valence-corrected chi connectivity index (χ0v) is 13.5. The van der Waals surface area contributed by atoms with E-state index in [1.54, 1.807) is 6.07 Å². The summed E-state index contributed by atoms with van der Waals surface area (Å²) in [5.41, 5.74) is 0.672. The van der Waals surface area contributed by atoms with Crippen LogP contribution in [0.25, 0.3) is 0 Å². The van der Waals surface area contributed by atoms with Gasteiger partial charge in [-0.15, -0.1) is 0 Å². The number of anilines is 1. The first-order valence-electron chi connectivity index (χ1n) is 7.35. The van der Waals surface area contributed by atoms with Crippen molar-refractivity contribution in [2.24, 2.45) is 5.92 Å². The van der Waals surface area contributed by atoms with Gasteiger partial charge in [0.05, 0.1) is 5.69 Å². The number of nitrogens with one attached hydrogen (secondary N) is 1. The number of hydrogen-bond donors (Lipinski definition) is 1. The zero-order chi connectivity index (χ0) is 15.1. The number of carbonyl (C=O) groups is 2. The van der Waals surface area contributed by atoms with Gasteiger partial charge in [0.1, 0.15) is 0 Å². The fourth-order valence-electron chi connectivity index (χ4n) is 2.58. The highest BCUT2D eigenvalue weighted by molar-refractivity contribution is 9.10. The summed E-state index contributed by atoms with van der Waals surface area (Å²) in [4.78, 5) is 23.5. The molecule has 1 N–H and O–H groups in total. The molecule has 1 aliphatic rings. The number of rotatable bonds is 5. The summed E-state index contributed by atoms with van der Waals surface area (Å²) in [5.74, 6) is -0.166. The van der Waals surface area contributed by atoms with E-state index in [1.807, 2.05) is 18.2 Å². The molecule has 1 fully saturated rings. The highest BCUT2D eigenvalue weighted by Crippen LogP contribution is 2.26. The quantitative estimate of drug-likeness (QED) is 0.816. The minimum Gasteiger partial charge on any atom is -0.456 e. The molecule has 21 heavy (non-hydrogen) atoms. The predicted molar refractivity (Wildman–Crippen MR) is 84.9 cm³/mol. The van der Waals surface area contributed by atoms with E-state index in [4.69, 9.17) is 4.74 Å². The molecule has 1 aliphatic carbocycles. The van der Waals surface area contributed by atoms with Gasteiger partial charge in [-0.1, -0.05) is 31.4 Å². The van der Waals surface area contributed by atoms with Crippen LogP contribution in [-0.2, 0) is 14.3 Å². The zero-order valence-electron chi connectivity index (χ0n) is 11.9. The Balaban J connectivity index is 1.71. The molecule has 0 heterocycles. The van der Waals surface area contributed by atoms with Gasteiger partial charge < -0.3 is 10.1 Å². The number of amides is 1. The molecular weight excluding hydrogens is 334 g/mol. The van der Waals surface area contributed by atoms with E-state index in [-0.39, 0.29) is 18.5 Å². The number of benzene rings is 1. The topological polar surface area (TPSA) is 55.4 Å². The molecule has 0 unspecified atom stereocenters. The fourth-order valence-corrected chi connectivity index (χ4v) is 2.96. The number of halogens is 1. The van der Waals surface area contributed by atoms with Gasteiger partial charge >= 0.3 is 5.97 Å². The Morgan fingerprint density at radius 1 is 1.19 bits per heavy atom. The summed E-state index contributed by atoms with van der Waals surface area (Å²) in [6.45, 7) is -0.229. The third-order valence-electron chi connectivity index (χ3n) is 3.69. The summed E-state index contributed by atoms with van der Waals surface area (Å²) in [5, 5.41) is 2.71. The third kappa shape index (κ3) is 5.50. The first-order chi connectivity index (χ1) is 10.1. The molecule has 0 saturated heterocycles. The molecule has 114 valence electrons. The standard InChI is InChI=1S/C16H20BrNO3/c17-13-8-4-5-9-14(13)18-15(19)11-21-16(20)10-12-6-2-1-3-7-12/h4-5,8-9,12H,1-3,6-7,10-11H2,(H,18,19). The van der Waals surface area contributed by atoms with Crippen LogP contribution in [0.3, 0.4) is 0 Å². The van der Waals surface area contributed by atoms with Crippen LogP contribution in [0.4, 0.5) is 5.69 Å². The summed E-state index contributed by atoms with van der Waals surface area (Å²) < 4.78 is 5.85. The Bertz CT molecular complexity index is 498. The number of carbonyl (C=O) groups excluding carboxylic acids is 2. The second-order valence-electron chi connectivity index (χ2n) is 5.40. The van der Waals surface area contributed by atoms with Crippen molar-refractivity contribution >= 4 is 33.5 Å². The van der Waals surface area contributed by atoms with E-state index in [1.165, 1.54) is 19.3 Å². The van der Waals surface area contributed by atoms with Crippen LogP contribution in [-0.4, -0.2) is 18.5 Å². The lowest BCUT2D eigenvalue weighted by atomic mass is 9.87. The minimum atomic E-state index is -0.320. The Kier molecular flexibility index (Phi) is 6.23. The highest BCUT2D eigenvalue weighted by atomic mass is 79.9.